The molecule has 2 amide bonds. The molecule has 1 unspecified atom stereocenters. The van der Waals surface area contributed by atoms with Gasteiger partial charge in [-0.25, -0.2) is 0 Å². The Kier molecular flexibility index (Phi) is 6.36. The molecule has 6 nitrogen and oxygen atoms in total. The topological polar surface area (TPSA) is 65.5 Å². The van der Waals surface area contributed by atoms with Gasteiger partial charge < -0.3 is 10.2 Å². The summed E-state index contributed by atoms with van der Waals surface area (Å²) >= 11 is 5.65. The van der Waals surface area contributed by atoms with Crippen LogP contribution >= 0.6 is 12.2 Å². The number of rotatable bonds is 7. The van der Waals surface area contributed by atoms with Crippen LogP contribution in [0.4, 0.5) is 5.69 Å². The van der Waals surface area contributed by atoms with E-state index in [-0.39, 0.29) is 18.2 Å². The van der Waals surface area contributed by atoms with Crippen molar-refractivity contribution in [3.05, 3.63) is 59.9 Å². The minimum Gasteiger partial charge on any atom is -0.356 e. The third kappa shape index (κ3) is 4.36. The molecular weight excluding hydrogens is 372 g/mol. The molecule has 0 aliphatic carbocycles. The summed E-state index contributed by atoms with van der Waals surface area (Å²) in [5.41, 5.74) is 2.94. The van der Waals surface area contributed by atoms with Crippen LogP contribution in [0.15, 0.2) is 48.8 Å². The second-order valence-corrected chi connectivity index (χ2v) is 7.13. The third-order valence-corrected chi connectivity index (χ3v) is 5.17. The number of nitrogens with zero attached hydrogens (tertiary/aromatic N) is 3. The van der Waals surface area contributed by atoms with Gasteiger partial charge in [0.15, 0.2) is 5.11 Å². The first kappa shape index (κ1) is 19.9. The number of anilines is 1. The van der Waals surface area contributed by atoms with Crippen molar-refractivity contribution < 1.29 is 9.59 Å². The van der Waals surface area contributed by atoms with Crippen molar-refractivity contribution in [1.29, 1.82) is 0 Å². The largest absolute Gasteiger partial charge is 0.356 e. The lowest BCUT2D eigenvalue weighted by molar-refractivity contribution is -0.127. The molecule has 1 saturated heterocycles. The number of amides is 2. The lowest BCUT2D eigenvalue weighted by atomic mass is 10.1. The predicted molar refractivity (Wildman–Crippen MR) is 113 cm³/mol. The highest BCUT2D eigenvalue weighted by atomic mass is 32.1. The van der Waals surface area contributed by atoms with Gasteiger partial charge in [-0.2, -0.15) is 0 Å². The zero-order valence-corrected chi connectivity index (χ0v) is 16.9. The third-order valence-electron chi connectivity index (χ3n) is 4.75. The van der Waals surface area contributed by atoms with Gasteiger partial charge in [-0.05, 0) is 62.3 Å². The van der Waals surface area contributed by atoms with E-state index in [1.807, 2.05) is 55.1 Å². The quantitative estimate of drug-likeness (QED) is 0.729. The maximum absolute atomic E-state index is 13.2. The lowest BCUT2D eigenvalue weighted by Crippen LogP contribution is -2.40. The molecular formula is C21H24N4O2S. The van der Waals surface area contributed by atoms with Gasteiger partial charge in [0, 0.05) is 25.5 Å². The summed E-state index contributed by atoms with van der Waals surface area (Å²) in [6.07, 6.45) is 4.29. The molecule has 0 radical (unpaired) electrons. The van der Waals surface area contributed by atoms with Crippen molar-refractivity contribution in [3.8, 4) is 0 Å². The summed E-state index contributed by atoms with van der Waals surface area (Å²) in [7, 11) is 0. The Morgan fingerprint density at radius 3 is 2.50 bits per heavy atom. The minimum absolute atomic E-state index is 0.0888. The second kappa shape index (κ2) is 8.93. The SMILES string of the molecule is CCNC(=O)CC1C(=O)N(c2ccc(C)cc2)C(=S)N1CCc1ccncc1. The van der Waals surface area contributed by atoms with Gasteiger partial charge in [-0.15, -0.1) is 0 Å². The molecule has 7 heteroatoms. The number of aryl methyl sites for hydroxylation is 1. The van der Waals surface area contributed by atoms with Gasteiger partial charge in [0.2, 0.25) is 5.91 Å². The van der Waals surface area contributed by atoms with Gasteiger partial charge in [0.25, 0.3) is 5.91 Å². The van der Waals surface area contributed by atoms with Gasteiger partial charge in [-0.3, -0.25) is 19.5 Å². The van der Waals surface area contributed by atoms with Crippen molar-refractivity contribution in [2.75, 3.05) is 18.0 Å². The van der Waals surface area contributed by atoms with Crippen LogP contribution in [0.5, 0.6) is 0 Å². The van der Waals surface area contributed by atoms with Gasteiger partial charge in [-0.1, -0.05) is 17.7 Å². The van der Waals surface area contributed by atoms with Gasteiger partial charge in [0.05, 0.1) is 12.1 Å². The molecule has 0 saturated carbocycles. The van der Waals surface area contributed by atoms with E-state index in [2.05, 4.69) is 10.3 Å². The fourth-order valence-corrected chi connectivity index (χ4v) is 3.68. The van der Waals surface area contributed by atoms with Crippen LogP contribution in [0, 0.1) is 6.92 Å². The summed E-state index contributed by atoms with van der Waals surface area (Å²) in [5.74, 6) is -0.307. The number of aromatic nitrogens is 1. The average Bonchev–Trinajstić information content (AvgIpc) is 2.92. The van der Waals surface area contributed by atoms with E-state index >= 15 is 0 Å². The smallest absolute Gasteiger partial charge is 0.256 e. The molecule has 0 bridgehead atoms. The molecule has 1 aliphatic rings. The molecule has 1 N–H and O–H groups in total. The van der Waals surface area contributed by atoms with E-state index in [1.54, 1.807) is 17.3 Å². The molecule has 146 valence electrons. The molecule has 2 aromatic rings. The normalized spacial score (nSPS) is 16.6. The van der Waals surface area contributed by atoms with Crippen LogP contribution < -0.4 is 10.2 Å². The van der Waals surface area contributed by atoms with Crippen molar-refractivity contribution in [3.63, 3.8) is 0 Å². The van der Waals surface area contributed by atoms with Crippen LogP contribution in [0.1, 0.15) is 24.5 Å². The maximum atomic E-state index is 13.2. The van der Waals surface area contributed by atoms with Crippen LogP contribution in [0.3, 0.4) is 0 Å². The summed E-state index contributed by atoms with van der Waals surface area (Å²) in [6, 6.07) is 11.0. The number of hydrogen-bond acceptors (Lipinski definition) is 4. The predicted octanol–water partition coefficient (Wildman–Crippen LogP) is 2.46. The first-order valence-corrected chi connectivity index (χ1v) is 9.79. The molecule has 2 heterocycles. The first-order chi connectivity index (χ1) is 13.5. The summed E-state index contributed by atoms with van der Waals surface area (Å²) in [5, 5.41) is 3.22. The fraction of sp³-hybridized carbons (Fsp3) is 0.333. The van der Waals surface area contributed by atoms with E-state index in [0.717, 1.165) is 16.8 Å². The van der Waals surface area contributed by atoms with Crippen molar-refractivity contribution >= 4 is 34.8 Å². The van der Waals surface area contributed by atoms with Crippen LogP contribution in [-0.2, 0) is 16.0 Å². The lowest BCUT2D eigenvalue weighted by Gasteiger charge is -2.24. The summed E-state index contributed by atoms with van der Waals surface area (Å²) in [6.45, 7) is 4.94. The van der Waals surface area contributed by atoms with E-state index in [9.17, 15) is 9.59 Å². The van der Waals surface area contributed by atoms with Crippen LogP contribution in [0.25, 0.3) is 0 Å². The Morgan fingerprint density at radius 2 is 1.86 bits per heavy atom. The number of carbonyl (C=O) groups is 2. The number of carbonyl (C=O) groups excluding carboxylic acids is 2. The highest BCUT2D eigenvalue weighted by Gasteiger charge is 2.43. The van der Waals surface area contributed by atoms with E-state index in [0.29, 0.717) is 24.6 Å². The Balaban J connectivity index is 1.84. The van der Waals surface area contributed by atoms with Gasteiger partial charge >= 0.3 is 0 Å². The number of nitrogens with one attached hydrogen (secondary N) is 1. The minimum atomic E-state index is -0.595. The Labute approximate surface area is 170 Å². The van der Waals surface area contributed by atoms with Crippen LogP contribution in [-0.4, -0.2) is 45.9 Å². The zero-order chi connectivity index (χ0) is 20.1. The second-order valence-electron chi connectivity index (χ2n) is 6.76. The van der Waals surface area contributed by atoms with Crippen molar-refractivity contribution in [2.45, 2.75) is 32.7 Å². The molecule has 1 aromatic heterocycles. The highest BCUT2D eigenvalue weighted by molar-refractivity contribution is 7.80. The van der Waals surface area contributed by atoms with E-state index < -0.39 is 6.04 Å². The molecule has 1 atom stereocenters. The Hall–Kier alpha value is -2.80. The number of pyridine rings is 1. The number of benzene rings is 1. The van der Waals surface area contributed by atoms with Crippen molar-refractivity contribution in [1.82, 2.24) is 15.2 Å². The van der Waals surface area contributed by atoms with Gasteiger partial charge in [0.1, 0.15) is 6.04 Å². The van der Waals surface area contributed by atoms with Crippen molar-refractivity contribution in [2.24, 2.45) is 0 Å². The molecule has 1 aromatic carbocycles. The highest BCUT2D eigenvalue weighted by Crippen LogP contribution is 2.27. The molecule has 28 heavy (non-hydrogen) atoms. The first-order valence-electron chi connectivity index (χ1n) is 9.38. The Morgan fingerprint density at radius 1 is 1.18 bits per heavy atom. The monoisotopic (exact) mass is 396 g/mol. The standard InChI is InChI=1S/C21H24N4O2S/c1-3-23-19(26)14-18-20(27)25(17-6-4-15(2)5-7-17)21(28)24(18)13-10-16-8-11-22-12-9-16/h4-9,11-12,18H,3,10,13-14H2,1-2H3,(H,23,26). The van der Waals surface area contributed by atoms with E-state index in [1.165, 1.54) is 0 Å². The Bertz CT molecular complexity index is 854. The maximum Gasteiger partial charge on any atom is 0.256 e. The molecule has 1 fully saturated rings. The summed E-state index contributed by atoms with van der Waals surface area (Å²) in [4.78, 5) is 32.8. The summed E-state index contributed by atoms with van der Waals surface area (Å²) < 4.78 is 0. The van der Waals surface area contributed by atoms with E-state index in [4.69, 9.17) is 12.2 Å². The fourth-order valence-electron chi connectivity index (χ4n) is 3.26. The molecule has 0 spiro atoms. The zero-order valence-electron chi connectivity index (χ0n) is 16.1. The average molecular weight is 397 g/mol. The molecule has 3 rings (SSSR count). The number of hydrogen-bond donors (Lipinski definition) is 1. The van der Waals surface area contributed by atoms with Crippen LogP contribution in [0.2, 0.25) is 0 Å². The number of thiocarbonyl (C=S) groups is 1. The molecule has 1 aliphatic heterocycles.